The molecular weight excluding hydrogens is 456 g/mol. The Morgan fingerprint density at radius 1 is 1.14 bits per heavy atom. The van der Waals surface area contributed by atoms with Crippen molar-refractivity contribution in [3.05, 3.63) is 70.7 Å². The molecule has 2 spiro atoms. The monoisotopic (exact) mass is 498 g/mol. The SMILES string of the molecule is CC[N+]([O-])(C(C)C)[C@@H]1CCC2=CC3=CCC4(C)C(c5ccc6ccncc6c5)CC[C@H]4[C@@]34CC[C@]2(C1)O4. The van der Waals surface area contributed by atoms with Crippen molar-refractivity contribution in [3.8, 4) is 0 Å². The standard InChI is InChI=1S/C33H42N2O2/c1-5-35(36,22(2)3)28-9-8-26-19-27-12-14-31(4)29(24-7-6-23-13-17-34-21-25(23)18-24)10-11-30(31)33(27)16-15-32(26,20-28)37-33/h6-7,12-13,17-19,21-22,28-30H,5,8-11,14-16,20H2,1-4H3/t28-,29?,30-,31?,32-,33-,35?/m1/s1. The van der Waals surface area contributed by atoms with Crippen LogP contribution >= 0.6 is 0 Å². The molecule has 196 valence electrons. The van der Waals surface area contributed by atoms with E-state index in [0.29, 0.717) is 18.4 Å². The Kier molecular flexibility index (Phi) is 5.20. The quantitative estimate of drug-likeness (QED) is 0.322. The number of benzene rings is 1. The molecule has 2 bridgehead atoms. The summed E-state index contributed by atoms with van der Waals surface area (Å²) < 4.78 is 7.39. The molecule has 0 radical (unpaired) electrons. The van der Waals surface area contributed by atoms with Gasteiger partial charge in [-0.05, 0) is 111 Å². The zero-order valence-electron chi connectivity index (χ0n) is 23.0. The number of hydrogen-bond donors (Lipinski definition) is 0. The van der Waals surface area contributed by atoms with E-state index in [1.807, 2.05) is 12.4 Å². The Balaban J connectivity index is 1.24. The highest BCUT2D eigenvalue weighted by Gasteiger charge is 2.67. The molecular formula is C33H42N2O2. The number of hydroxylamine groups is 3. The average Bonchev–Trinajstić information content (AvgIpc) is 3.42. The fourth-order valence-corrected chi connectivity index (χ4v) is 9.67. The summed E-state index contributed by atoms with van der Waals surface area (Å²) in [4.78, 5) is 4.38. The number of quaternary nitrogens is 1. The lowest BCUT2D eigenvalue weighted by Gasteiger charge is -2.58. The molecule has 5 aliphatic rings. The van der Waals surface area contributed by atoms with E-state index in [1.165, 1.54) is 40.3 Å². The molecule has 4 nitrogen and oxygen atoms in total. The van der Waals surface area contributed by atoms with Crippen LogP contribution in [0.3, 0.4) is 0 Å². The van der Waals surface area contributed by atoms with Crippen molar-refractivity contribution in [1.29, 1.82) is 0 Å². The molecule has 2 aromatic rings. The highest BCUT2D eigenvalue weighted by Crippen LogP contribution is 2.69. The summed E-state index contributed by atoms with van der Waals surface area (Å²) in [5, 5.41) is 16.4. The van der Waals surface area contributed by atoms with Gasteiger partial charge in [-0.25, -0.2) is 0 Å². The second kappa shape index (κ2) is 8.00. The minimum atomic E-state index is -0.219. The van der Waals surface area contributed by atoms with E-state index in [0.717, 1.165) is 38.5 Å². The van der Waals surface area contributed by atoms with Crippen LogP contribution in [0.25, 0.3) is 10.8 Å². The Morgan fingerprint density at radius 2 is 2.00 bits per heavy atom. The first kappa shape index (κ1) is 24.1. The van der Waals surface area contributed by atoms with Crippen LogP contribution in [-0.2, 0) is 4.74 Å². The predicted octanol–water partition coefficient (Wildman–Crippen LogP) is 7.59. The van der Waals surface area contributed by atoms with E-state index in [4.69, 9.17) is 4.74 Å². The largest absolute Gasteiger partial charge is 0.632 e. The van der Waals surface area contributed by atoms with Gasteiger partial charge in [0.25, 0.3) is 0 Å². The number of pyridine rings is 1. The van der Waals surface area contributed by atoms with Gasteiger partial charge < -0.3 is 14.6 Å². The van der Waals surface area contributed by atoms with E-state index < -0.39 is 0 Å². The smallest absolute Gasteiger partial charge is 0.0975 e. The topological polar surface area (TPSA) is 45.2 Å². The normalized spacial score (nSPS) is 40.0. The van der Waals surface area contributed by atoms with Gasteiger partial charge in [0, 0.05) is 30.6 Å². The van der Waals surface area contributed by atoms with Gasteiger partial charge in [0.1, 0.15) is 0 Å². The maximum atomic E-state index is 13.9. The number of ether oxygens (including phenoxy) is 1. The van der Waals surface area contributed by atoms with Gasteiger partial charge in [0.15, 0.2) is 0 Å². The molecule has 1 aromatic carbocycles. The Labute approximate surface area is 222 Å². The molecule has 3 fully saturated rings. The van der Waals surface area contributed by atoms with Gasteiger partial charge in [0.2, 0.25) is 0 Å². The summed E-state index contributed by atoms with van der Waals surface area (Å²) in [6, 6.07) is 9.37. The lowest BCUT2D eigenvalue weighted by molar-refractivity contribution is -0.925. The summed E-state index contributed by atoms with van der Waals surface area (Å²) in [5.41, 5.74) is 4.20. The first-order valence-electron chi connectivity index (χ1n) is 14.8. The van der Waals surface area contributed by atoms with E-state index in [-0.39, 0.29) is 33.3 Å². The van der Waals surface area contributed by atoms with Crippen LogP contribution in [0.4, 0.5) is 0 Å². The number of allylic oxidation sites excluding steroid dienone is 1. The van der Waals surface area contributed by atoms with Crippen LogP contribution in [0.1, 0.15) is 90.5 Å². The summed E-state index contributed by atoms with van der Waals surface area (Å²) in [5.74, 6) is 1.06. The minimum Gasteiger partial charge on any atom is -0.632 e. The summed E-state index contributed by atoms with van der Waals surface area (Å²) in [7, 11) is 0. The molecule has 3 heterocycles. The molecule has 0 amide bonds. The van der Waals surface area contributed by atoms with Crippen LogP contribution in [0.5, 0.6) is 0 Å². The van der Waals surface area contributed by atoms with Gasteiger partial charge in [0.05, 0.1) is 29.8 Å². The van der Waals surface area contributed by atoms with Crippen LogP contribution in [0, 0.1) is 16.5 Å². The first-order valence-corrected chi connectivity index (χ1v) is 14.8. The second-order valence-corrected chi connectivity index (χ2v) is 13.4. The number of hydrogen-bond acceptors (Lipinski definition) is 3. The molecule has 4 heteroatoms. The van der Waals surface area contributed by atoms with Gasteiger partial charge >= 0.3 is 0 Å². The van der Waals surface area contributed by atoms with Crippen LogP contribution in [0.15, 0.2) is 60.0 Å². The summed E-state index contributed by atoms with van der Waals surface area (Å²) in [6.45, 7) is 9.47. The van der Waals surface area contributed by atoms with E-state index in [9.17, 15) is 5.21 Å². The predicted molar refractivity (Wildman–Crippen MR) is 149 cm³/mol. The fraction of sp³-hybridized carbons (Fsp3) is 0.606. The van der Waals surface area contributed by atoms with Crippen LogP contribution in [-0.4, -0.2) is 39.5 Å². The molecule has 2 aliphatic heterocycles. The summed E-state index contributed by atoms with van der Waals surface area (Å²) in [6.07, 6.45) is 17.6. The highest BCUT2D eigenvalue weighted by molar-refractivity contribution is 5.82. The maximum absolute atomic E-state index is 13.9. The van der Waals surface area contributed by atoms with Crippen molar-refractivity contribution in [1.82, 2.24) is 4.98 Å². The molecule has 37 heavy (non-hydrogen) atoms. The molecule has 7 atom stereocenters. The Hall–Kier alpha value is -2.01. The number of fused-ring (bicyclic) bond motifs is 2. The van der Waals surface area contributed by atoms with Crippen molar-refractivity contribution in [2.45, 2.75) is 108 Å². The highest BCUT2D eigenvalue weighted by atomic mass is 16.6. The van der Waals surface area contributed by atoms with Crippen molar-refractivity contribution >= 4 is 10.8 Å². The van der Waals surface area contributed by atoms with Gasteiger partial charge in [-0.1, -0.05) is 31.2 Å². The maximum Gasteiger partial charge on any atom is 0.0975 e. The van der Waals surface area contributed by atoms with E-state index in [1.54, 1.807) is 0 Å². The third-order valence-electron chi connectivity index (χ3n) is 11.7. The fourth-order valence-electron chi connectivity index (χ4n) is 9.67. The van der Waals surface area contributed by atoms with Crippen molar-refractivity contribution in [3.63, 3.8) is 0 Å². The Morgan fingerprint density at radius 3 is 2.81 bits per heavy atom. The Bertz CT molecular complexity index is 1310. The molecule has 0 N–H and O–H groups in total. The average molecular weight is 499 g/mol. The van der Waals surface area contributed by atoms with Gasteiger partial charge in [-0.15, -0.1) is 0 Å². The van der Waals surface area contributed by atoms with Crippen molar-refractivity contribution in [2.24, 2.45) is 11.3 Å². The number of rotatable bonds is 4. The lowest BCUT2D eigenvalue weighted by atomic mass is 9.58. The number of aromatic nitrogens is 1. The molecule has 7 rings (SSSR count). The van der Waals surface area contributed by atoms with E-state index in [2.05, 4.69) is 69.1 Å². The number of nitrogens with zero attached hydrogens (tertiary/aromatic N) is 2. The summed E-state index contributed by atoms with van der Waals surface area (Å²) >= 11 is 0. The zero-order valence-corrected chi connectivity index (χ0v) is 23.0. The molecule has 3 aliphatic carbocycles. The zero-order chi connectivity index (χ0) is 25.6. The van der Waals surface area contributed by atoms with Crippen LogP contribution in [0.2, 0.25) is 0 Å². The molecule has 3 unspecified atom stereocenters. The van der Waals surface area contributed by atoms with Crippen LogP contribution < -0.4 is 0 Å². The van der Waals surface area contributed by atoms with Gasteiger partial charge in [-0.3, -0.25) is 4.98 Å². The second-order valence-electron chi connectivity index (χ2n) is 13.4. The lowest BCUT2D eigenvalue weighted by Crippen LogP contribution is -2.61. The third kappa shape index (κ3) is 3.16. The van der Waals surface area contributed by atoms with E-state index >= 15 is 0 Å². The van der Waals surface area contributed by atoms with Crippen molar-refractivity contribution in [2.75, 3.05) is 6.54 Å². The first-order chi connectivity index (χ1) is 17.7. The third-order valence-corrected chi connectivity index (χ3v) is 11.7. The van der Waals surface area contributed by atoms with Gasteiger partial charge in [-0.2, -0.15) is 0 Å². The molecule has 2 saturated carbocycles. The minimum absolute atomic E-state index is 0.0753. The van der Waals surface area contributed by atoms with Crippen molar-refractivity contribution < 1.29 is 9.38 Å². The molecule has 1 aromatic heterocycles. The molecule has 1 saturated heterocycles.